The Morgan fingerprint density at radius 2 is 1.88 bits per heavy atom. The van der Waals surface area contributed by atoms with Crippen molar-refractivity contribution in [1.82, 2.24) is 15.1 Å². The Balaban J connectivity index is 1.22. The van der Waals surface area contributed by atoms with E-state index in [4.69, 9.17) is 11.6 Å². The molecule has 3 aliphatic rings. The minimum Gasteiger partial charge on any atom is -0.340 e. The van der Waals surface area contributed by atoms with Gasteiger partial charge in [-0.1, -0.05) is 11.6 Å². The van der Waals surface area contributed by atoms with E-state index in [0.717, 1.165) is 43.5 Å². The normalized spacial score (nSPS) is 30.7. The number of thiophene rings is 1. The first-order valence-electron chi connectivity index (χ1n) is 9.16. The van der Waals surface area contributed by atoms with Crippen LogP contribution in [0.4, 0.5) is 0 Å². The summed E-state index contributed by atoms with van der Waals surface area (Å²) >= 11 is 7.66. The van der Waals surface area contributed by atoms with E-state index in [9.17, 15) is 4.79 Å². The minimum atomic E-state index is 0.375. The first-order valence-corrected chi connectivity index (χ1v) is 10.4. The maximum absolute atomic E-state index is 12.6. The molecule has 24 heavy (non-hydrogen) atoms. The monoisotopic (exact) mass is 367 g/mol. The van der Waals surface area contributed by atoms with Crippen LogP contribution in [0.3, 0.4) is 0 Å². The number of hydrogen-bond donors (Lipinski definition) is 1. The zero-order valence-electron chi connectivity index (χ0n) is 14.0. The summed E-state index contributed by atoms with van der Waals surface area (Å²) in [6.07, 6.45) is 5.76. The van der Waals surface area contributed by atoms with Crippen LogP contribution in [0.15, 0.2) is 12.1 Å². The molecule has 4 heterocycles. The van der Waals surface area contributed by atoms with E-state index in [1.807, 2.05) is 6.07 Å². The van der Waals surface area contributed by atoms with E-state index in [-0.39, 0.29) is 0 Å². The zero-order valence-corrected chi connectivity index (χ0v) is 15.6. The quantitative estimate of drug-likeness (QED) is 0.888. The highest BCUT2D eigenvalue weighted by Crippen LogP contribution is 2.33. The zero-order chi connectivity index (χ0) is 16.5. The lowest BCUT2D eigenvalue weighted by molar-refractivity contribution is -0.134. The largest absolute Gasteiger partial charge is 0.340 e. The fourth-order valence-corrected chi connectivity index (χ4v) is 5.66. The summed E-state index contributed by atoms with van der Waals surface area (Å²) in [4.78, 5) is 18.5. The fourth-order valence-electron chi connectivity index (χ4n) is 4.53. The summed E-state index contributed by atoms with van der Waals surface area (Å²) in [5.74, 6) is 0.975. The molecule has 132 valence electrons. The molecular weight excluding hydrogens is 342 g/mol. The Hall–Kier alpha value is -0.620. The van der Waals surface area contributed by atoms with Crippen molar-refractivity contribution in [2.75, 3.05) is 26.2 Å². The predicted molar refractivity (Wildman–Crippen MR) is 98.5 cm³/mol. The van der Waals surface area contributed by atoms with Crippen LogP contribution in [-0.2, 0) is 11.3 Å². The van der Waals surface area contributed by atoms with E-state index in [1.165, 1.54) is 30.6 Å². The second-order valence-corrected chi connectivity index (χ2v) is 9.34. The van der Waals surface area contributed by atoms with Gasteiger partial charge in [0.05, 0.1) is 4.34 Å². The number of rotatable bonds is 4. The average Bonchev–Trinajstić information content (AvgIpc) is 3.13. The number of piperazine rings is 1. The Morgan fingerprint density at radius 3 is 2.50 bits per heavy atom. The van der Waals surface area contributed by atoms with Crippen LogP contribution >= 0.6 is 22.9 Å². The molecule has 2 bridgehead atoms. The van der Waals surface area contributed by atoms with Crippen molar-refractivity contribution in [3.63, 3.8) is 0 Å². The molecule has 3 aliphatic heterocycles. The molecule has 0 spiro atoms. The van der Waals surface area contributed by atoms with Gasteiger partial charge in [0.2, 0.25) is 5.91 Å². The van der Waals surface area contributed by atoms with Gasteiger partial charge in [-0.25, -0.2) is 0 Å². The fraction of sp³-hybridized carbons (Fsp3) is 0.722. The Labute approximate surface area is 153 Å². The standard InChI is InChI=1S/C18H26ClN3OS/c19-17-4-3-16(24-17)12-21-5-7-22(8-6-21)18(23)11-13-9-14-1-2-15(10-13)20-14/h3-4,13-15,20H,1-2,5-12H2. The molecule has 2 atom stereocenters. The van der Waals surface area contributed by atoms with E-state index in [0.29, 0.717) is 23.9 Å². The van der Waals surface area contributed by atoms with Gasteiger partial charge in [-0.15, -0.1) is 11.3 Å². The second-order valence-electron chi connectivity index (χ2n) is 7.54. The lowest BCUT2D eigenvalue weighted by atomic mass is 9.89. The second kappa shape index (κ2) is 7.32. The van der Waals surface area contributed by atoms with Crippen LogP contribution in [0.1, 0.15) is 37.0 Å². The van der Waals surface area contributed by atoms with Crippen molar-refractivity contribution in [2.24, 2.45) is 5.92 Å². The van der Waals surface area contributed by atoms with E-state index in [2.05, 4.69) is 21.2 Å². The number of piperidine rings is 1. The number of halogens is 1. The third kappa shape index (κ3) is 3.96. The smallest absolute Gasteiger partial charge is 0.222 e. The Morgan fingerprint density at radius 1 is 1.17 bits per heavy atom. The average molecular weight is 368 g/mol. The third-order valence-corrected chi connectivity index (χ3v) is 6.98. The maximum atomic E-state index is 12.6. The highest BCUT2D eigenvalue weighted by atomic mass is 35.5. The molecule has 2 unspecified atom stereocenters. The minimum absolute atomic E-state index is 0.375. The first-order chi connectivity index (χ1) is 11.7. The van der Waals surface area contributed by atoms with Gasteiger partial charge >= 0.3 is 0 Å². The number of nitrogens with one attached hydrogen (secondary N) is 1. The van der Waals surface area contributed by atoms with Crippen LogP contribution in [0.25, 0.3) is 0 Å². The van der Waals surface area contributed by atoms with E-state index >= 15 is 0 Å². The van der Waals surface area contributed by atoms with Crippen LogP contribution in [0.5, 0.6) is 0 Å². The van der Waals surface area contributed by atoms with E-state index < -0.39 is 0 Å². The molecule has 0 radical (unpaired) electrons. The summed E-state index contributed by atoms with van der Waals surface area (Å²) in [6.45, 7) is 4.64. The SMILES string of the molecule is O=C(CC1CC2CCC(C1)N2)N1CCN(Cc2ccc(Cl)s2)CC1. The molecule has 4 rings (SSSR count). The molecule has 0 saturated carbocycles. The molecule has 1 aromatic rings. The van der Waals surface area contributed by atoms with Crippen molar-refractivity contribution in [3.8, 4) is 0 Å². The molecule has 3 saturated heterocycles. The van der Waals surface area contributed by atoms with Gasteiger partial charge in [0.15, 0.2) is 0 Å². The van der Waals surface area contributed by atoms with E-state index in [1.54, 1.807) is 11.3 Å². The molecule has 6 heteroatoms. The first kappa shape index (κ1) is 16.8. The molecule has 4 nitrogen and oxygen atoms in total. The van der Waals surface area contributed by atoms with Crippen molar-refractivity contribution in [3.05, 3.63) is 21.3 Å². The van der Waals surface area contributed by atoms with Crippen LogP contribution < -0.4 is 5.32 Å². The number of fused-ring (bicyclic) bond motifs is 2. The summed E-state index contributed by atoms with van der Waals surface area (Å²) in [6, 6.07) is 5.43. The van der Waals surface area contributed by atoms with Gasteiger partial charge in [0, 0.05) is 56.1 Å². The van der Waals surface area contributed by atoms with Crippen molar-refractivity contribution >= 4 is 28.8 Å². The highest BCUT2D eigenvalue weighted by molar-refractivity contribution is 7.16. The Bertz CT molecular complexity index is 573. The molecule has 1 amide bonds. The number of nitrogens with zero attached hydrogens (tertiary/aromatic N) is 2. The van der Waals surface area contributed by atoms with Gasteiger partial charge in [-0.2, -0.15) is 0 Å². The topological polar surface area (TPSA) is 35.6 Å². The molecule has 1 aromatic heterocycles. The van der Waals surface area contributed by atoms with Gasteiger partial charge in [-0.3, -0.25) is 9.69 Å². The molecule has 3 fully saturated rings. The van der Waals surface area contributed by atoms with Gasteiger partial charge in [0.1, 0.15) is 0 Å². The number of carbonyl (C=O) groups excluding carboxylic acids is 1. The summed E-state index contributed by atoms with van der Waals surface area (Å²) in [5, 5.41) is 3.66. The third-order valence-electron chi connectivity index (χ3n) is 5.77. The van der Waals surface area contributed by atoms with Gasteiger partial charge in [-0.05, 0) is 43.7 Å². The summed E-state index contributed by atoms with van der Waals surface area (Å²) in [5.41, 5.74) is 0. The van der Waals surface area contributed by atoms with Crippen molar-refractivity contribution < 1.29 is 4.79 Å². The van der Waals surface area contributed by atoms with Crippen LogP contribution in [0, 0.1) is 5.92 Å². The predicted octanol–water partition coefficient (Wildman–Crippen LogP) is 2.97. The lowest BCUT2D eigenvalue weighted by Crippen LogP contribution is -2.49. The Kier molecular flexibility index (Phi) is 5.13. The summed E-state index contributed by atoms with van der Waals surface area (Å²) < 4.78 is 0.856. The molecule has 0 aliphatic carbocycles. The number of hydrogen-bond acceptors (Lipinski definition) is 4. The number of carbonyl (C=O) groups is 1. The lowest BCUT2D eigenvalue weighted by Gasteiger charge is -2.36. The van der Waals surface area contributed by atoms with Crippen molar-refractivity contribution in [1.29, 1.82) is 0 Å². The molecule has 0 aromatic carbocycles. The van der Waals surface area contributed by atoms with Crippen molar-refractivity contribution in [2.45, 2.75) is 50.7 Å². The number of amides is 1. The highest BCUT2D eigenvalue weighted by Gasteiger charge is 2.35. The molecule has 1 N–H and O–H groups in total. The van der Waals surface area contributed by atoms with Crippen LogP contribution in [-0.4, -0.2) is 54.0 Å². The maximum Gasteiger partial charge on any atom is 0.222 e. The van der Waals surface area contributed by atoms with Gasteiger partial charge < -0.3 is 10.2 Å². The molecular formula is C18H26ClN3OS. The summed E-state index contributed by atoms with van der Waals surface area (Å²) in [7, 11) is 0. The van der Waals surface area contributed by atoms with Crippen LogP contribution in [0.2, 0.25) is 4.34 Å². The van der Waals surface area contributed by atoms with Gasteiger partial charge in [0.25, 0.3) is 0 Å².